The third kappa shape index (κ3) is 7.75. The van der Waals surface area contributed by atoms with Crippen molar-refractivity contribution < 1.29 is 13.5 Å². The molecule has 3 aromatic carbocycles. The van der Waals surface area contributed by atoms with Crippen molar-refractivity contribution in [3.8, 4) is 0 Å². The molecule has 0 saturated heterocycles. The first-order valence-corrected chi connectivity index (χ1v) is 12.1. The lowest BCUT2D eigenvalue weighted by atomic mass is 10.4. The number of nitrogens with zero attached hydrogens (tertiary/aromatic N) is 1. The molecular weight excluding hydrogens is 402 g/mol. The van der Waals surface area contributed by atoms with Crippen molar-refractivity contribution >= 4 is 26.8 Å². The maximum Gasteiger partial charge on any atom is 0.252 e. The Labute approximate surface area is 176 Å². The van der Waals surface area contributed by atoms with Crippen LogP contribution >= 0.6 is 0 Å². The van der Waals surface area contributed by atoms with Gasteiger partial charge in [0.15, 0.2) is 14.7 Å². The predicted octanol–water partition coefficient (Wildman–Crippen LogP) is 4.29. The minimum atomic E-state index is -3.46. The molecule has 0 aliphatic carbocycles. The quantitative estimate of drug-likeness (QED) is 0.335. The third-order valence-corrected chi connectivity index (χ3v) is 7.36. The largest absolute Gasteiger partial charge is 0.861 e. The summed E-state index contributed by atoms with van der Waals surface area (Å²) in [5, 5.41) is 10.2. The summed E-state index contributed by atoms with van der Waals surface area (Å²) in [6.07, 6.45) is 0.485. The molecular formula is C23H25NO3S2. The number of hydrogen-bond acceptors (Lipinski definition) is 3. The van der Waals surface area contributed by atoms with Crippen molar-refractivity contribution in [1.82, 2.24) is 0 Å². The molecule has 0 spiro atoms. The van der Waals surface area contributed by atoms with Gasteiger partial charge in [0.25, 0.3) is 10.0 Å². The highest BCUT2D eigenvalue weighted by Gasteiger charge is 2.27. The Morgan fingerprint density at radius 2 is 1.14 bits per heavy atom. The van der Waals surface area contributed by atoms with Crippen LogP contribution in [0.25, 0.3) is 0 Å². The van der Waals surface area contributed by atoms with Crippen molar-refractivity contribution in [1.29, 1.82) is 0 Å². The Morgan fingerprint density at radius 3 is 1.41 bits per heavy atom. The lowest BCUT2D eigenvalue weighted by Crippen LogP contribution is -2.15. The fourth-order valence-corrected chi connectivity index (χ4v) is 5.68. The van der Waals surface area contributed by atoms with Crippen LogP contribution in [-0.2, 0) is 20.9 Å². The molecule has 0 N–H and O–H groups in total. The smallest absolute Gasteiger partial charge is 0.252 e. The number of hydrogen-bond donors (Lipinski definition) is 0. The second-order valence-electron chi connectivity index (χ2n) is 6.14. The Hall–Kier alpha value is -2.57. The van der Waals surface area contributed by atoms with Gasteiger partial charge in [0.1, 0.15) is 0 Å². The molecule has 0 heterocycles. The van der Waals surface area contributed by atoms with Crippen LogP contribution in [0, 0.1) is 0 Å². The van der Waals surface area contributed by atoms with Gasteiger partial charge in [0, 0.05) is 0 Å². The summed E-state index contributed by atoms with van der Waals surface area (Å²) in [4.78, 5) is 4.08. The summed E-state index contributed by atoms with van der Waals surface area (Å²) in [7, 11) is -3.47. The summed E-state index contributed by atoms with van der Waals surface area (Å²) >= 11 is 0. The average Bonchev–Trinajstić information content (AvgIpc) is 2.70. The van der Waals surface area contributed by atoms with E-state index < -0.39 is 15.9 Å². The highest BCUT2D eigenvalue weighted by molar-refractivity contribution is 7.97. The molecule has 0 aliphatic heterocycles. The van der Waals surface area contributed by atoms with Crippen LogP contribution in [0.2, 0.25) is 0 Å². The minimum Gasteiger partial charge on any atom is -0.861 e. The van der Waals surface area contributed by atoms with Crippen LogP contribution in [0.15, 0.2) is 110 Å². The Morgan fingerprint density at radius 1 is 0.793 bits per heavy atom. The molecule has 0 aromatic heterocycles. The van der Waals surface area contributed by atoms with E-state index in [-0.39, 0.29) is 16.6 Å². The molecule has 4 nitrogen and oxygen atoms in total. The van der Waals surface area contributed by atoms with E-state index in [1.807, 2.05) is 0 Å². The molecule has 0 aliphatic rings. The molecule has 0 unspecified atom stereocenters. The number of rotatable bonds is 6. The van der Waals surface area contributed by atoms with E-state index in [0.29, 0.717) is 6.42 Å². The topological polar surface area (TPSA) is 69.6 Å². The van der Waals surface area contributed by atoms with Gasteiger partial charge in [-0.25, -0.2) is 8.42 Å². The maximum atomic E-state index is 10.7. The second kappa shape index (κ2) is 11.4. The highest BCUT2D eigenvalue weighted by atomic mass is 32.2. The standard InChI is InChI=1S/C18H15S.C5H11NO3S/c1-4-10-16(11-5-1)19(17-12-6-2-7-13-17)18-14-8-3-9-15-18;1-3-4-10(8,9)6-5(2)7/h1-15H;3-4H2,1-2H3,(H,6,7)/q+1;/p-1. The molecule has 0 fully saturated rings. The molecule has 0 saturated carbocycles. The first-order valence-electron chi connectivity index (χ1n) is 9.28. The highest BCUT2D eigenvalue weighted by Crippen LogP contribution is 2.30. The molecule has 0 bridgehead atoms. The van der Waals surface area contributed by atoms with Crippen molar-refractivity contribution in [3.63, 3.8) is 0 Å². The lowest BCUT2D eigenvalue weighted by molar-refractivity contribution is -0.215. The van der Waals surface area contributed by atoms with Gasteiger partial charge in [-0.1, -0.05) is 61.5 Å². The lowest BCUT2D eigenvalue weighted by Gasteiger charge is -2.07. The van der Waals surface area contributed by atoms with Crippen LogP contribution in [0.4, 0.5) is 0 Å². The van der Waals surface area contributed by atoms with Gasteiger partial charge in [-0.15, -0.1) is 0 Å². The minimum absolute atomic E-state index is 0.0146. The molecule has 0 amide bonds. The van der Waals surface area contributed by atoms with Gasteiger partial charge >= 0.3 is 0 Å². The first kappa shape index (κ1) is 22.7. The molecule has 0 atom stereocenters. The van der Waals surface area contributed by atoms with E-state index in [1.54, 1.807) is 6.92 Å². The molecule has 0 radical (unpaired) electrons. The SMILES string of the molecule is CCCS(=O)(=O)N=C(C)[O-].c1ccc([S+](c2ccccc2)c2ccccc2)cc1. The summed E-state index contributed by atoms with van der Waals surface area (Å²) in [5.41, 5.74) is 0. The van der Waals surface area contributed by atoms with E-state index in [4.69, 9.17) is 0 Å². The van der Waals surface area contributed by atoms with E-state index in [0.717, 1.165) is 6.92 Å². The summed E-state index contributed by atoms with van der Waals surface area (Å²) < 4.78 is 24.2. The zero-order valence-corrected chi connectivity index (χ0v) is 18.2. The summed E-state index contributed by atoms with van der Waals surface area (Å²) in [6.45, 7) is 2.83. The molecule has 3 rings (SSSR count). The van der Waals surface area contributed by atoms with Gasteiger partial charge in [0.05, 0.1) is 16.6 Å². The summed E-state index contributed by atoms with van der Waals surface area (Å²) in [6, 6.07) is 32.2. The zero-order chi connectivity index (χ0) is 21.1. The van der Waals surface area contributed by atoms with E-state index in [1.165, 1.54) is 14.7 Å². The van der Waals surface area contributed by atoms with Crippen molar-refractivity contribution in [3.05, 3.63) is 91.0 Å². The Kier molecular flexibility index (Phi) is 8.96. The number of sulfonamides is 1. The van der Waals surface area contributed by atoms with Gasteiger partial charge < -0.3 is 5.11 Å². The van der Waals surface area contributed by atoms with Crippen molar-refractivity contribution in [2.75, 3.05) is 5.75 Å². The Bertz CT molecular complexity index is 892. The van der Waals surface area contributed by atoms with E-state index in [2.05, 4.69) is 95.4 Å². The molecule has 3 aromatic rings. The van der Waals surface area contributed by atoms with Gasteiger partial charge in [0.2, 0.25) is 0 Å². The fraction of sp³-hybridized carbons (Fsp3) is 0.174. The molecule has 6 heteroatoms. The van der Waals surface area contributed by atoms with Crippen LogP contribution in [0.3, 0.4) is 0 Å². The van der Waals surface area contributed by atoms with Gasteiger partial charge in [-0.2, -0.15) is 4.40 Å². The van der Waals surface area contributed by atoms with Crippen LogP contribution in [0.1, 0.15) is 20.3 Å². The predicted molar refractivity (Wildman–Crippen MR) is 119 cm³/mol. The number of benzene rings is 3. The first-order chi connectivity index (χ1) is 13.9. The Balaban J connectivity index is 0.000000257. The molecule has 152 valence electrons. The second-order valence-corrected chi connectivity index (χ2v) is 9.92. The van der Waals surface area contributed by atoms with Gasteiger partial charge in [-0.05, 0) is 55.6 Å². The monoisotopic (exact) mass is 427 g/mol. The average molecular weight is 428 g/mol. The van der Waals surface area contributed by atoms with Crippen LogP contribution in [-0.4, -0.2) is 20.1 Å². The zero-order valence-electron chi connectivity index (χ0n) is 16.6. The van der Waals surface area contributed by atoms with Crippen molar-refractivity contribution in [2.24, 2.45) is 4.40 Å². The fourth-order valence-electron chi connectivity index (χ4n) is 2.58. The van der Waals surface area contributed by atoms with Crippen LogP contribution in [0.5, 0.6) is 0 Å². The van der Waals surface area contributed by atoms with E-state index >= 15 is 0 Å². The maximum absolute atomic E-state index is 10.7. The normalized spacial score (nSPS) is 11.6. The van der Waals surface area contributed by atoms with Crippen LogP contribution < -0.4 is 5.11 Å². The van der Waals surface area contributed by atoms with Gasteiger partial charge in [-0.3, -0.25) is 0 Å². The third-order valence-electron chi connectivity index (χ3n) is 3.67. The molecule has 29 heavy (non-hydrogen) atoms. The summed E-state index contributed by atoms with van der Waals surface area (Å²) in [5.74, 6) is -0.708. The van der Waals surface area contributed by atoms with E-state index in [9.17, 15) is 13.5 Å². The van der Waals surface area contributed by atoms with Crippen molar-refractivity contribution in [2.45, 2.75) is 35.0 Å².